The number of carbonyl (C=O) groups excluding carboxylic acids is 2. The molecule has 0 atom stereocenters. The summed E-state index contributed by atoms with van der Waals surface area (Å²) in [4.78, 5) is 36.3. The van der Waals surface area contributed by atoms with Gasteiger partial charge in [-0.05, 0) is 37.1 Å². The molecule has 2 aromatic carbocycles. The lowest BCUT2D eigenvalue weighted by molar-refractivity contribution is -0.115. The molecule has 2 aromatic heterocycles. The lowest BCUT2D eigenvalue weighted by Crippen LogP contribution is -2.23. The molecule has 0 saturated heterocycles. The molecule has 0 aliphatic heterocycles. The number of esters is 1. The van der Waals surface area contributed by atoms with Gasteiger partial charge in [-0.1, -0.05) is 37.3 Å². The van der Waals surface area contributed by atoms with Crippen molar-refractivity contribution in [3.05, 3.63) is 76.4 Å². The molecule has 174 valence electrons. The Morgan fingerprint density at radius 2 is 1.79 bits per heavy atom. The number of anilines is 2. The van der Waals surface area contributed by atoms with Crippen LogP contribution in [0.15, 0.2) is 53.9 Å². The Kier molecular flexibility index (Phi) is 6.88. The number of ether oxygens (including phenoxy) is 2. The van der Waals surface area contributed by atoms with Crippen molar-refractivity contribution in [3.8, 4) is 5.75 Å². The number of carbonyl (C=O) groups is 2. The van der Waals surface area contributed by atoms with Gasteiger partial charge in [-0.3, -0.25) is 14.7 Å². The maximum Gasteiger partial charge on any atom is 0.339 e. The van der Waals surface area contributed by atoms with Crippen molar-refractivity contribution in [3.63, 3.8) is 0 Å². The number of hydrogen-bond donors (Lipinski definition) is 0. The van der Waals surface area contributed by atoms with Gasteiger partial charge in [0.15, 0.2) is 5.13 Å². The summed E-state index contributed by atoms with van der Waals surface area (Å²) in [5, 5.41) is 3.02. The topological polar surface area (TPSA) is 81.6 Å². The summed E-state index contributed by atoms with van der Waals surface area (Å²) in [6.07, 6.45) is 0.718. The normalized spacial score (nSPS) is 10.8. The zero-order chi connectivity index (χ0) is 24.2. The summed E-state index contributed by atoms with van der Waals surface area (Å²) < 4.78 is 11.1. The molecule has 8 heteroatoms. The molecule has 0 fully saturated rings. The van der Waals surface area contributed by atoms with Crippen LogP contribution >= 0.6 is 11.3 Å². The first-order valence-corrected chi connectivity index (χ1v) is 11.8. The molecule has 4 rings (SSSR count). The summed E-state index contributed by atoms with van der Waals surface area (Å²) in [7, 11) is 1.55. The largest absolute Gasteiger partial charge is 0.495 e. The maximum atomic E-state index is 13.1. The van der Waals surface area contributed by atoms with Gasteiger partial charge in [0.25, 0.3) is 0 Å². The van der Waals surface area contributed by atoms with Gasteiger partial charge in [-0.15, -0.1) is 11.3 Å². The quantitative estimate of drug-likeness (QED) is 0.323. The summed E-state index contributed by atoms with van der Waals surface area (Å²) in [5.74, 6) is -0.0606. The van der Waals surface area contributed by atoms with Crippen LogP contribution in [0.5, 0.6) is 5.75 Å². The minimum Gasteiger partial charge on any atom is -0.495 e. The van der Waals surface area contributed by atoms with Gasteiger partial charge in [0, 0.05) is 23.4 Å². The molecule has 0 N–H and O–H groups in total. The molecule has 0 aliphatic carbocycles. The van der Waals surface area contributed by atoms with Crippen LogP contribution in [0.1, 0.15) is 41.2 Å². The van der Waals surface area contributed by atoms with Crippen molar-refractivity contribution in [2.24, 2.45) is 0 Å². The molecule has 0 spiro atoms. The summed E-state index contributed by atoms with van der Waals surface area (Å²) >= 11 is 1.30. The zero-order valence-corrected chi connectivity index (χ0v) is 20.3. The van der Waals surface area contributed by atoms with E-state index in [-0.39, 0.29) is 12.5 Å². The third-order valence-corrected chi connectivity index (χ3v) is 6.37. The minimum absolute atomic E-state index is 0.00937. The average molecular weight is 476 g/mol. The number of hydrogen-bond acceptors (Lipinski definition) is 7. The van der Waals surface area contributed by atoms with Crippen molar-refractivity contribution in [2.45, 2.75) is 33.8 Å². The Morgan fingerprint density at radius 1 is 1.06 bits per heavy atom. The first-order chi connectivity index (χ1) is 16.4. The van der Waals surface area contributed by atoms with Gasteiger partial charge in [-0.2, -0.15) is 0 Å². The van der Waals surface area contributed by atoms with Gasteiger partial charge in [0.1, 0.15) is 12.4 Å². The van der Waals surface area contributed by atoms with E-state index in [4.69, 9.17) is 9.47 Å². The van der Waals surface area contributed by atoms with E-state index in [1.54, 1.807) is 24.6 Å². The molecule has 2 heterocycles. The van der Waals surface area contributed by atoms with Crippen LogP contribution in [-0.4, -0.2) is 29.0 Å². The third-order valence-electron chi connectivity index (χ3n) is 5.50. The van der Waals surface area contributed by atoms with Gasteiger partial charge < -0.3 is 9.47 Å². The van der Waals surface area contributed by atoms with E-state index in [0.717, 1.165) is 28.6 Å². The fraction of sp³-hybridized carbons (Fsp3) is 0.231. The number of methoxy groups -OCH3 is 1. The fourth-order valence-electron chi connectivity index (χ4n) is 3.86. The van der Waals surface area contributed by atoms with Crippen LogP contribution in [0.4, 0.5) is 10.8 Å². The summed E-state index contributed by atoms with van der Waals surface area (Å²) in [5.41, 5.74) is 4.14. The van der Waals surface area contributed by atoms with Crippen LogP contribution in [0.25, 0.3) is 10.9 Å². The monoisotopic (exact) mass is 475 g/mol. The van der Waals surface area contributed by atoms with Crippen LogP contribution in [0, 0.1) is 6.92 Å². The van der Waals surface area contributed by atoms with Crippen LogP contribution in [-0.2, 0) is 22.6 Å². The molecule has 7 nitrogen and oxygen atoms in total. The number of benzene rings is 2. The molecule has 1 amide bonds. The first-order valence-electron chi connectivity index (χ1n) is 10.9. The van der Waals surface area contributed by atoms with E-state index < -0.39 is 5.97 Å². The smallest absolute Gasteiger partial charge is 0.339 e. The van der Waals surface area contributed by atoms with E-state index in [1.807, 2.05) is 50.2 Å². The molecular weight excluding hydrogens is 450 g/mol. The molecule has 0 aliphatic rings. The lowest BCUT2D eigenvalue weighted by Gasteiger charge is -2.20. The molecule has 0 unspecified atom stereocenters. The van der Waals surface area contributed by atoms with Crippen molar-refractivity contribution in [1.82, 2.24) is 9.97 Å². The number of para-hydroxylation sites is 3. The predicted octanol–water partition coefficient (Wildman–Crippen LogP) is 5.61. The highest BCUT2D eigenvalue weighted by molar-refractivity contribution is 7.14. The zero-order valence-electron chi connectivity index (χ0n) is 19.5. The number of rotatable bonds is 7. The predicted molar refractivity (Wildman–Crippen MR) is 133 cm³/mol. The number of aryl methyl sites for hydroxylation is 1. The van der Waals surface area contributed by atoms with Gasteiger partial charge in [0.2, 0.25) is 5.91 Å². The number of aromatic nitrogens is 2. The Bertz CT molecular complexity index is 1370. The van der Waals surface area contributed by atoms with Gasteiger partial charge >= 0.3 is 5.97 Å². The van der Waals surface area contributed by atoms with Crippen LogP contribution < -0.4 is 9.64 Å². The SMILES string of the molecule is CCc1nc2ccccc2c(C(=O)OCc2csc(N(C(C)=O)c3ccccc3OC)n2)c1C. The first kappa shape index (κ1) is 23.4. The second-order valence-electron chi connectivity index (χ2n) is 7.65. The van der Waals surface area contributed by atoms with E-state index in [0.29, 0.717) is 27.8 Å². The highest BCUT2D eigenvalue weighted by Crippen LogP contribution is 2.35. The highest BCUT2D eigenvalue weighted by atomic mass is 32.1. The number of nitrogens with zero attached hydrogens (tertiary/aromatic N) is 3. The molecule has 0 bridgehead atoms. The summed E-state index contributed by atoms with van der Waals surface area (Å²) in [6.45, 7) is 5.37. The molecular formula is C26H25N3O4S. The van der Waals surface area contributed by atoms with Crippen LogP contribution in [0.3, 0.4) is 0 Å². The lowest BCUT2D eigenvalue weighted by atomic mass is 10.0. The van der Waals surface area contributed by atoms with Crippen molar-refractivity contribution < 1.29 is 19.1 Å². The Balaban J connectivity index is 1.58. The third kappa shape index (κ3) is 4.49. The average Bonchev–Trinajstić information content (AvgIpc) is 3.30. The van der Waals surface area contributed by atoms with Crippen molar-refractivity contribution >= 4 is 44.9 Å². The number of pyridine rings is 1. The van der Waals surface area contributed by atoms with E-state index in [1.165, 1.54) is 23.2 Å². The molecule has 0 radical (unpaired) electrons. The fourth-order valence-corrected chi connectivity index (χ4v) is 4.73. The number of fused-ring (bicyclic) bond motifs is 1. The Hall–Kier alpha value is -3.78. The van der Waals surface area contributed by atoms with E-state index in [9.17, 15) is 9.59 Å². The van der Waals surface area contributed by atoms with E-state index in [2.05, 4.69) is 9.97 Å². The second kappa shape index (κ2) is 10.0. The summed E-state index contributed by atoms with van der Waals surface area (Å²) in [6, 6.07) is 14.8. The van der Waals surface area contributed by atoms with Crippen molar-refractivity contribution in [1.29, 1.82) is 0 Å². The standard InChI is InChI=1S/C26H25N3O4S/c1-5-20-16(2)24(19-10-6-7-11-21(19)28-20)25(31)33-14-18-15-34-26(27-18)29(17(3)30)22-12-8-9-13-23(22)32-4/h6-13,15H,5,14H2,1-4H3. The Labute approximate surface area is 202 Å². The minimum atomic E-state index is -0.423. The van der Waals surface area contributed by atoms with Crippen LogP contribution in [0.2, 0.25) is 0 Å². The van der Waals surface area contributed by atoms with Crippen molar-refractivity contribution in [2.75, 3.05) is 12.0 Å². The number of thiazole rings is 1. The van der Waals surface area contributed by atoms with Gasteiger partial charge in [-0.25, -0.2) is 9.78 Å². The molecule has 4 aromatic rings. The maximum absolute atomic E-state index is 13.1. The van der Waals surface area contributed by atoms with E-state index >= 15 is 0 Å². The second-order valence-corrected chi connectivity index (χ2v) is 8.49. The molecule has 0 saturated carbocycles. The molecule has 34 heavy (non-hydrogen) atoms. The Morgan fingerprint density at radius 3 is 2.53 bits per heavy atom. The number of amides is 1. The highest BCUT2D eigenvalue weighted by Gasteiger charge is 2.22. The van der Waals surface area contributed by atoms with Gasteiger partial charge in [0.05, 0.1) is 29.6 Å².